The maximum Gasteiger partial charge on any atom is 0.330 e. The molecule has 1 radical (unpaired) electrons. The van der Waals surface area contributed by atoms with Gasteiger partial charge in [0.15, 0.2) is 0 Å². The molecule has 0 aromatic rings. The Hall–Kier alpha value is -0.870. The summed E-state index contributed by atoms with van der Waals surface area (Å²) in [5.74, 6) is -0.330. The molecule has 0 N–H and O–H groups in total. The van der Waals surface area contributed by atoms with Crippen LogP contribution in [0.25, 0.3) is 0 Å². The minimum Gasteiger partial charge on any atom is -0.459 e. The Morgan fingerprint density at radius 2 is 1.71 bits per heavy atom. The molecule has 1 fully saturated rings. The first kappa shape index (κ1) is 14.2. The predicted octanol–water partition coefficient (Wildman–Crippen LogP) is 2.47. The van der Waals surface area contributed by atoms with Gasteiger partial charge >= 0.3 is 5.97 Å². The van der Waals surface area contributed by atoms with Gasteiger partial charge in [-0.05, 0) is 34.6 Å². The van der Waals surface area contributed by atoms with Crippen LogP contribution in [0, 0.1) is 0 Å². The van der Waals surface area contributed by atoms with Gasteiger partial charge < -0.3 is 4.74 Å². The molecule has 0 amide bonds. The van der Waals surface area contributed by atoms with Gasteiger partial charge in [-0.15, -0.1) is 10.3 Å². The van der Waals surface area contributed by atoms with E-state index in [0.29, 0.717) is 12.8 Å². The number of ether oxygens (including phenoxy) is 1. The van der Waals surface area contributed by atoms with E-state index < -0.39 is 11.1 Å². The molecule has 4 heteroatoms. The predicted molar refractivity (Wildman–Crippen MR) is 64.6 cm³/mol. The van der Waals surface area contributed by atoms with Gasteiger partial charge in [0.25, 0.3) is 0 Å². The van der Waals surface area contributed by atoms with Gasteiger partial charge in [0.2, 0.25) is 0 Å². The number of rotatable bonds is 2. The van der Waals surface area contributed by atoms with Gasteiger partial charge in [-0.25, -0.2) is 4.79 Å². The maximum atomic E-state index is 12.1. The van der Waals surface area contributed by atoms with E-state index in [9.17, 15) is 10.0 Å². The van der Waals surface area contributed by atoms with Crippen molar-refractivity contribution in [3.8, 4) is 0 Å². The summed E-state index contributed by atoms with van der Waals surface area (Å²) >= 11 is 0. The van der Waals surface area contributed by atoms with Crippen molar-refractivity contribution in [1.82, 2.24) is 5.06 Å². The second-order valence-electron chi connectivity index (χ2n) is 5.89. The minimum absolute atomic E-state index is 0.186. The monoisotopic (exact) mass is 240 g/mol. The molecule has 4 nitrogen and oxygen atoms in total. The van der Waals surface area contributed by atoms with Gasteiger partial charge in [0.1, 0.15) is 6.10 Å². The van der Waals surface area contributed by atoms with Gasteiger partial charge in [-0.1, -0.05) is 6.08 Å². The molecule has 0 aromatic heterocycles. The van der Waals surface area contributed by atoms with Crippen molar-refractivity contribution < 1.29 is 14.7 Å². The molecular formula is C13H22NO3. The summed E-state index contributed by atoms with van der Waals surface area (Å²) in [7, 11) is 0. The fourth-order valence-electron chi connectivity index (χ4n) is 2.59. The van der Waals surface area contributed by atoms with E-state index in [2.05, 4.69) is 0 Å². The van der Waals surface area contributed by atoms with E-state index in [1.54, 1.807) is 13.0 Å². The number of nitrogens with zero attached hydrogens (tertiary/aromatic N) is 1. The van der Waals surface area contributed by atoms with Crippen molar-refractivity contribution in [2.45, 2.75) is 64.6 Å². The van der Waals surface area contributed by atoms with Crippen LogP contribution < -0.4 is 0 Å². The van der Waals surface area contributed by atoms with Crippen molar-refractivity contribution >= 4 is 5.97 Å². The first-order valence-corrected chi connectivity index (χ1v) is 6.00. The summed E-state index contributed by atoms with van der Waals surface area (Å²) in [6.07, 6.45) is 4.02. The Bertz CT molecular complexity index is 303. The Kier molecular flexibility index (Phi) is 3.99. The zero-order chi connectivity index (χ0) is 13.3. The summed E-state index contributed by atoms with van der Waals surface area (Å²) in [6.45, 7) is 9.32. The normalized spacial score (nSPS) is 25.1. The van der Waals surface area contributed by atoms with Gasteiger partial charge in [-0.3, -0.25) is 0 Å². The van der Waals surface area contributed by atoms with Gasteiger partial charge in [-0.2, -0.15) is 0 Å². The second kappa shape index (κ2) is 4.78. The third-order valence-corrected chi connectivity index (χ3v) is 3.14. The Morgan fingerprint density at radius 1 is 1.24 bits per heavy atom. The molecule has 0 unspecified atom stereocenters. The molecule has 0 aliphatic carbocycles. The van der Waals surface area contributed by atoms with E-state index in [1.807, 2.05) is 27.7 Å². The number of carbonyl (C=O) groups is 1. The maximum absolute atomic E-state index is 12.1. The fourth-order valence-corrected chi connectivity index (χ4v) is 2.59. The van der Waals surface area contributed by atoms with Crippen LogP contribution in [-0.4, -0.2) is 28.2 Å². The van der Waals surface area contributed by atoms with Gasteiger partial charge in [0, 0.05) is 30.0 Å². The number of hydrogen-bond donors (Lipinski definition) is 0. The third-order valence-electron chi connectivity index (χ3n) is 3.14. The Labute approximate surface area is 103 Å². The number of allylic oxidation sites excluding steroid dienone is 1. The summed E-state index contributed by atoms with van der Waals surface area (Å²) < 4.78 is 5.36. The average molecular weight is 240 g/mol. The summed E-state index contributed by atoms with van der Waals surface area (Å²) in [4.78, 5) is 11.4. The summed E-state index contributed by atoms with van der Waals surface area (Å²) in [5.41, 5.74) is -0.995. The van der Waals surface area contributed by atoms with Crippen LogP contribution in [0.15, 0.2) is 12.2 Å². The standard InChI is InChI=1S/C13H22NO3/c1-6-7-11(15)17-10-8-12(2,3)14(16)13(4,5)9-10/h6-7,10H,8-9H2,1-5H3/b7-6+. The molecule has 1 heterocycles. The van der Waals surface area contributed by atoms with Crippen LogP contribution in [0.1, 0.15) is 47.5 Å². The van der Waals surface area contributed by atoms with E-state index in [4.69, 9.17) is 4.74 Å². The molecule has 0 atom stereocenters. The lowest BCUT2D eigenvalue weighted by molar-refractivity contribution is -0.299. The molecule has 0 aromatic carbocycles. The SMILES string of the molecule is C/C=C/C(=O)OC1CC(C)(C)N([O])C(C)(C)C1. The Balaban J connectivity index is 2.75. The Morgan fingerprint density at radius 3 is 2.12 bits per heavy atom. The highest BCUT2D eigenvalue weighted by Crippen LogP contribution is 2.38. The highest BCUT2D eigenvalue weighted by Gasteiger charge is 2.47. The molecule has 0 saturated carbocycles. The highest BCUT2D eigenvalue weighted by molar-refractivity contribution is 5.81. The van der Waals surface area contributed by atoms with Crippen LogP contribution in [0.2, 0.25) is 0 Å². The van der Waals surface area contributed by atoms with Crippen molar-refractivity contribution in [1.29, 1.82) is 0 Å². The lowest BCUT2D eigenvalue weighted by Gasteiger charge is -2.49. The first-order chi connectivity index (χ1) is 7.69. The van der Waals surface area contributed by atoms with E-state index >= 15 is 0 Å². The summed E-state index contributed by atoms with van der Waals surface area (Å²) in [5, 5.41) is 13.2. The van der Waals surface area contributed by atoms with Crippen LogP contribution in [0.3, 0.4) is 0 Å². The van der Waals surface area contributed by atoms with E-state index in [-0.39, 0.29) is 12.1 Å². The lowest BCUT2D eigenvalue weighted by Crippen LogP contribution is -2.60. The van der Waals surface area contributed by atoms with E-state index in [1.165, 1.54) is 6.08 Å². The van der Waals surface area contributed by atoms with Crippen molar-refractivity contribution in [2.75, 3.05) is 0 Å². The number of esters is 1. The zero-order valence-corrected chi connectivity index (χ0v) is 11.3. The quantitative estimate of drug-likeness (QED) is 0.550. The molecule has 1 aliphatic rings. The topological polar surface area (TPSA) is 49.4 Å². The molecule has 0 bridgehead atoms. The molecule has 97 valence electrons. The fraction of sp³-hybridized carbons (Fsp3) is 0.769. The van der Waals surface area contributed by atoms with Crippen LogP contribution in [0.5, 0.6) is 0 Å². The van der Waals surface area contributed by atoms with Gasteiger partial charge in [0.05, 0.1) is 0 Å². The first-order valence-electron chi connectivity index (χ1n) is 6.00. The molecular weight excluding hydrogens is 218 g/mol. The molecule has 1 aliphatic heterocycles. The molecule has 1 saturated heterocycles. The van der Waals surface area contributed by atoms with Crippen molar-refractivity contribution in [3.05, 3.63) is 12.2 Å². The summed E-state index contributed by atoms with van der Waals surface area (Å²) in [6, 6.07) is 0. The molecule has 1 rings (SSSR count). The number of carbonyl (C=O) groups excluding carboxylic acids is 1. The lowest BCUT2D eigenvalue weighted by atomic mass is 9.80. The second-order valence-corrected chi connectivity index (χ2v) is 5.89. The zero-order valence-electron chi connectivity index (χ0n) is 11.3. The number of hydroxylamine groups is 2. The number of piperidine rings is 1. The van der Waals surface area contributed by atoms with Crippen molar-refractivity contribution in [3.63, 3.8) is 0 Å². The van der Waals surface area contributed by atoms with Crippen molar-refractivity contribution in [2.24, 2.45) is 0 Å². The number of hydrogen-bond acceptors (Lipinski definition) is 3. The largest absolute Gasteiger partial charge is 0.459 e. The third kappa shape index (κ3) is 3.30. The molecule has 17 heavy (non-hydrogen) atoms. The smallest absolute Gasteiger partial charge is 0.330 e. The minimum atomic E-state index is -0.497. The average Bonchev–Trinajstić information content (AvgIpc) is 2.13. The molecule has 0 spiro atoms. The highest BCUT2D eigenvalue weighted by atomic mass is 16.5. The van der Waals surface area contributed by atoms with E-state index in [0.717, 1.165) is 5.06 Å². The van der Waals surface area contributed by atoms with Crippen LogP contribution in [-0.2, 0) is 14.7 Å². The van der Waals surface area contributed by atoms with Crippen LogP contribution in [0.4, 0.5) is 0 Å². The van der Waals surface area contributed by atoms with Crippen LogP contribution >= 0.6 is 0 Å².